The Bertz CT molecular complexity index is 364. The average Bonchev–Trinajstić information content (AvgIpc) is 2.50. The second-order valence-electron chi connectivity index (χ2n) is 2.48. The minimum Gasteiger partial charge on any atom is -0.276 e. The van der Waals surface area contributed by atoms with Crippen molar-refractivity contribution in [2.45, 2.75) is 13.3 Å². The molecule has 0 aliphatic rings. The van der Waals surface area contributed by atoms with Crippen LogP contribution in [0.5, 0.6) is 0 Å². The SMILES string of the molecule is CCc1cncc2[nH]ncc12. The van der Waals surface area contributed by atoms with E-state index in [1.54, 1.807) is 6.20 Å². The van der Waals surface area contributed by atoms with Gasteiger partial charge in [0.05, 0.1) is 17.9 Å². The number of nitrogens with one attached hydrogen (secondary N) is 1. The normalized spacial score (nSPS) is 10.6. The maximum absolute atomic E-state index is 4.08. The minimum atomic E-state index is 1.00. The van der Waals surface area contributed by atoms with Crippen LogP contribution in [0.1, 0.15) is 12.5 Å². The molecule has 0 aliphatic carbocycles. The second kappa shape index (κ2) is 2.34. The molecule has 2 rings (SSSR count). The van der Waals surface area contributed by atoms with Gasteiger partial charge in [-0.05, 0) is 12.0 Å². The lowest BCUT2D eigenvalue weighted by Crippen LogP contribution is -1.82. The molecule has 0 unspecified atom stereocenters. The van der Waals surface area contributed by atoms with Gasteiger partial charge in [0.15, 0.2) is 0 Å². The third kappa shape index (κ3) is 0.888. The van der Waals surface area contributed by atoms with Crippen molar-refractivity contribution in [2.24, 2.45) is 0 Å². The molecule has 11 heavy (non-hydrogen) atoms. The van der Waals surface area contributed by atoms with Gasteiger partial charge in [0.1, 0.15) is 0 Å². The summed E-state index contributed by atoms with van der Waals surface area (Å²) in [7, 11) is 0. The highest BCUT2D eigenvalue weighted by Gasteiger charge is 1.99. The highest BCUT2D eigenvalue weighted by molar-refractivity contribution is 5.80. The molecule has 2 aromatic heterocycles. The third-order valence-corrected chi connectivity index (χ3v) is 1.83. The lowest BCUT2D eigenvalue weighted by molar-refractivity contribution is 1.11. The Balaban J connectivity index is 2.79. The molecule has 56 valence electrons. The zero-order chi connectivity index (χ0) is 7.68. The Morgan fingerprint density at radius 3 is 3.09 bits per heavy atom. The van der Waals surface area contributed by atoms with E-state index >= 15 is 0 Å². The first-order valence-electron chi connectivity index (χ1n) is 3.67. The number of H-pyrrole nitrogens is 1. The molecule has 3 heteroatoms. The van der Waals surface area contributed by atoms with Crippen LogP contribution in [0.25, 0.3) is 10.9 Å². The number of aromatic amines is 1. The Labute approximate surface area is 64.5 Å². The highest BCUT2D eigenvalue weighted by atomic mass is 15.1. The first kappa shape index (κ1) is 6.34. The predicted octanol–water partition coefficient (Wildman–Crippen LogP) is 1.52. The number of hydrogen-bond acceptors (Lipinski definition) is 2. The molecule has 0 amide bonds. The second-order valence-corrected chi connectivity index (χ2v) is 2.48. The molecule has 0 fully saturated rings. The summed E-state index contributed by atoms with van der Waals surface area (Å²) >= 11 is 0. The Kier molecular flexibility index (Phi) is 1.35. The van der Waals surface area contributed by atoms with Crippen molar-refractivity contribution in [1.29, 1.82) is 0 Å². The van der Waals surface area contributed by atoms with Gasteiger partial charge in [-0.1, -0.05) is 6.92 Å². The number of rotatable bonds is 1. The number of hydrogen-bond donors (Lipinski definition) is 1. The van der Waals surface area contributed by atoms with Crippen molar-refractivity contribution < 1.29 is 0 Å². The van der Waals surface area contributed by atoms with E-state index in [1.807, 2.05) is 12.4 Å². The van der Waals surface area contributed by atoms with E-state index in [9.17, 15) is 0 Å². The van der Waals surface area contributed by atoms with E-state index < -0.39 is 0 Å². The molecular formula is C8H9N3. The zero-order valence-electron chi connectivity index (χ0n) is 6.33. The number of aryl methyl sites for hydroxylation is 1. The van der Waals surface area contributed by atoms with Gasteiger partial charge in [0, 0.05) is 11.6 Å². The Hall–Kier alpha value is -1.38. The molecule has 0 saturated carbocycles. The van der Waals surface area contributed by atoms with Crippen LogP contribution in [0, 0.1) is 0 Å². The number of aromatic nitrogens is 3. The van der Waals surface area contributed by atoms with Gasteiger partial charge in [0.2, 0.25) is 0 Å². The molecule has 0 aromatic carbocycles. The van der Waals surface area contributed by atoms with Gasteiger partial charge in [-0.2, -0.15) is 5.10 Å². The van der Waals surface area contributed by atoms with E-state index in [-0.39, 0.29) is 0 Å². The molecule has 0 radical (unpaired) electrons. The quantitative estimate of drug-likeness (QED) is 0.664. The van der Waals surface area contributed by atoms with E-state index in [0.717, 1.165) is 11.9 Å². The van der Waals surface area contributed by atoms with Crippen LogP contribution in [0.2, 0.25) is 0 Å². The smallest absolute Gasteiger partial charge is 0.0836 e. The van der Waals surface area contributed by atoms with Crippen LogP contribution in [0.4, 0.5) is 0 Å². The first-order valence-corrected chi connectivity index (χ1v) is 3.67. The maximum Gasteiger partial charge on any atom is 0.0836 e. The van der Waals surface area contributed by atoms with Crippen molar-refractivity contribution in [1.82, 2.24) is 15.2 Å². The van der Waals surface area contributed by atoms with Gasteiger partial charge < -0.3 is 0 Å². The molecular weight excluding hydrogens is 138 g/mol. The largest absolute Gasteiger partial charge is 0.276 e. The molecule has 0 saturated heterocycles. The maximum atomic E-state index is 4.08. The lowest BCUT2D eigenvalue weighted by Gasteiger charge is -1.94. The summed E-state index contributed by atoms with van der Waals surface area (Å²) in [5.41, 5.74) is 2.26. The average molecular weight is 147 g/mol. The predicted molar refractivity (Wildman–Crippen MR) is 43.3 cm³/mol. The molecule has 0 atom stereocenters. The van der Waals surface area contributed by atoms with E-state index in [2.05, 4.69) is 22.1 Å². The van der Waals surface area contributed by atoms with Crippen LogP contribution in [0.15, 0.2) is 18.6 Å². The fourth-order valence-corrected chi connectivity index (χ4v) is 1.20. The summed E-state index contributed by atoms with van der Waals surface area (Å²) in [6.45, 7) is 2.11. The van der Waals surface area contributed by atoms with Crippen molar-refractivity contribution in [3.05, 3.63) is 24.2 Å². The van der Waals surface area contributed by atoms with Gasteiger partial charge in [0.25, 0.3) is 0 Å². The van der Waals surface area contributed by atoms with Crippen LogP contribution >= 0.6 is 0 Å². The molecule has 1 N–H and O–H groups in total. The van der Waals surface area contributed by atoms with Gasteiger partial charge in [-0.25, -0.2) is 0 Å². The van der Waals surface area contributed by atoms with Crippen LogP contribution in [-0.2, 0) is 6.42 Å². The summed E-state index contributed by atoms with van der Waals surface area (Å²) in [6, 6.07) is 0. The van der Waals surface area contributed by atoms with E-state index in [0.29, 0.717) is 0 Å². The van der Waals surface area contributed by atoms with Gasteiger partial charge in [-0.3, -0.25) is 10.1 Å². The highest BCUT2D eigenvalue weighted by Crippen LogP contribution is 2.13. The minimum absolute atomic E-state index is 1.00. The summed E-state index contributed by atoms with van der Waals surface area (Å²) in [5, 5.41) is 8.01. The summed E-state index contributed by atoms with van der Waals surface area (Å²) in [4.78, 5) is 4.08. The van der Waals surface area contributed by atoms with Gasteiger partial charge in [-0.15, -0.1) is 0 Å². The molecule has 0 aliphatic heterocycles. The number of nitrogens with zero attached hydrogens (tertiary/aromatic N) is 2. The van der Waals surface area contributed by atoms with Crippen molar-refractivity contribution in [2.75, 3.05) is 0 Å². The standard InChI is InChI=1S/C8H9N3/c1-2-6-3-9-5-8-7(6)4-10-11-8/h3-5H,2H2,1H3,(H,10,11). The zero-order valence-corrected chi connectivity index (χ0v) is 6.33. The fourth-order valence-electron chi connectivity index (χ4n) is 1.20. The molecule has 2 heterocycles. The fraction of sp³-hybridized carbons (Fsp3) is 0.250. The lowest BCUT2D eigenvalue weighted by atomic mass is 10.1. The topological polar surface area (TPSA) is 41.6 Å². The Morgan fingerprint density at radius 1 is 1.36 bits per heavy atom. The van der Waals surface area contributed by atoms with Crippen LogP contribution in [0.3, 0.4) is 0 Å². The number of fused-ring (bicyclic) bond motifs is 1. The van der Waals surface area contributed by atoms with Crippen molar-refractivity contribution >= 4 is 10.9 Å². The molecule has 0 bridgehead atoms. The summed E-state index contributed by atoms with van der Waals surface area (Å²) < 4.78 is 0. The van der Waals surface area contributed by atoms with E-state index in [1.165, 1.54) is 10.9 Å². The van der Waals surface area contributed by atoms with Crippen molar-refractivity contribution in [3.63, 3.8) is 0 Å². The third-order valence-electron chi connectivity index (χ3n) is 1.83. The van der Waals surface area contributed by atoms with E-state index in [4.69, 9.17) is 0 Å². The van der Waals surface area contributed by atoms with Crippen molar-refractivity contribution in [3.8, 4) is 0 Å². The summed E-state index contributed by atoms with van der Waals surface area (Å²) in [6.07, 6.45) is 6.53. The number of pyridine rings is 1. The van der Waals surface area contributed by atoms with Crippen LogP contribution in [-0.4, -0.2) is 15.2 Å². The van der Waals surface area contributed by atoms with Crippen LogP contribution < -0.4 is 0 Å². The monoisotopic (exact) mass is 147 g/mol. The summed E-state index contributed by atoms with van der Waals surface area (Å²) in [5.74, 6) is 0. The molecule has 0 spiro atoms. The molecule has 2 aromatic rings. The molecule has 3 nitrogen and oxygen atoms in total. The Morgan fingerprint density at radius 2 is 2.27 bits per heavy atom. The van der Waals surface area contributed by atoms with Gasteiger partial charge >= 0.3 is 0 Å². The first-order chi connectivity index (χ1) is 5.42.